The van der Waals surface area contributed by atoms with E-state index in [9.17, 15) is 9.59 Å². The number of amides is 2. The summed E-state index contributed by atoms with van der Waals surface area (Å²) in [7, 11) is 3.64. The van der Waals surface area contributed by atoms with Gasteiger partial charge in [0.25, 0.3) is 5.91 Å². The van der Waals surface area contributed by atoms with Crippen LogP contribution < -0.4 is 5.32 Å². The molecule has 4 rings (SSSR count). The third-order valence-corrected chi connectivity index (χ3v) is 5.08. The van der Waals surface area contributed by atoms with Crippen molar-refractivity contribution in [2.75, 3.05) is 7.05 Å². The predicted octanol–water partition coefficient (Wildman–Crippen LogP) is 1.38. The van der Waals surface area contributed by atoms with Crippen molar-refractivity contribution in [2.24, 2.45) is 7.05 Å². The summed E-state index contributed by atoms with van der Waals surface area (Å²) in [6.45, 7) is 0. The Labute approximate surface area is 145 Å². The number of aryl methyl sites for hydroxylation is 1. The Balaban J connectivity index is 1.55. The minimum absolute atomic E-state index is 0.0624. The summed E-state index contributed by atoms with van der Waals surface area (Å²) in [6, 6.07) is 1.26. The average Bonchev–Trinajstić information content (AvgIpc) is 3.17. The molecule has 2 atom stereocenters. The maximum absolute atomic E-state index is 12.6. The van der Waals surface area contributed by atoms with Crippen molar-refractivity contribution in [1.82, 2.24) is 24.9 Å². The second-order valence-corrected chi connectivity index (χ2v) is 6.89. The third kappa shape index (κ3) is 2.92. The Morgan fingerprint density at radius 1 is 1.32 bits per heavy atom. The Morgan fingerprint density at radius 3 is 2.80 bits per heavy atom. The van der Waals surface area contributed by atoms with E-state index in [2.05, 4.69) is 15.5 Å². The average molecular weight is 343 g/mol. The quantitative estimate of drug-likeness (QED) is 0.905. The Hall–Kier alpha value is -2.64. The molecular weight excluding hydrogens is 322 g/mol. The first-order valence-corrected chi connectivity index (χ1v) is 8.54. The van der Waals surface area contributed by atoms with Crippen molar-refractivity contribution in [1.29, 1.82) is 0 Å². The molecule has 0 aromatic carbocycles. The topological polar surface area (TPSA) is 93.3 Å². The van der Waals surface area contributed by atoms with E-state index in [4.69, 9.17) is 4.52 Å². The van der Waals surface area contributed by atoms with Gasteiger partial charge in [-0.25, -0.2) is 4.98 Å². The number of imidazole rings is 1. The van der Waals surface area contributed by atoms with Gasteiger partial charge >= 0.3 is 0 Å². The molecule has 2 amide bonds. The smallest absolute Gasteiger partial charge is 0.290 e. The van der Waals surface area contributed by atoms with Crippen LogP contribution in [-0.2, 0) is 11.8 Å². The number of nitrogens with zero attached hydrogens (tertiary/aromatic N) is 4. The highest BCUT2D eigenvalue weighted by Gasteiger charge is 2.38. The number of hydrogen-bond donors (Lipinski definition) is 1. The van der Waals surface area contributed by atoms with Crippen LogP contribution in [-0.4, -0.2) is 44.5 Å². The number of carbonyl (C=O) groups excluding carboxylic acids is 2. The van der Waals surface area contributed by atoms with Gasteiger partial charge in [-0.2, -0.15) is 0 Å². The molecule has 2 aliphatic rings. The molecule has 1 saturated heterocycles. The van der Waals surface area contributed by atoms with Crippen molar-refractivity contribution in [3.63, 3.8) is 0 Å². The van der Waals surface area contributed by atoms with Crippen molar-refractivity contribution < 1.29 is 14.1 Å². The van der Waals surface area contributed by atoms with Crippen molar-refractivity contribution in [2.45, 2.75) is 43.7 Å². The summed E-state index contributed by atoms with van der Waals surface area (Å²) < 4.78 is 7.08. The maximum Gasteiger partial charge on any atom is 0.290 e. The van der Waals surface area contributed by atoms with Gasteiger partial charge in [0.05, 0.1) is 36.0 Å². The molecule has 132 valence electrons. The fraction of sp³-hybridized carbons (Fsp3) is 0.529. The van der Waals surface area contributed by atoms with E-state index in [1.165, 1.54) is 0 Å². The van der Waals surface area contributed by atoms with Crippen LogP contribution in [0.4, 0.5) is 0 Å². The van der Waals surface area contributed by atoms with Gasteiger partial charge in [0, 0.05) is 32.5 Å². The number of likely N-dealkylation sites (tertiary alicyclic amines) is 1. The molecule has 1 N–H and O–H groups in total. The number of piperidine rings is 1. The van der Waals surface area contributed by atoms with Crippen LogP contribution in [0.15, 0.2) is 23.1 Å². The summed E-state index contributed by atoms with van der Waals surface area (Å²) in [5, 5.41) is 7.00. The van der Waals surface area contributed by atoms with Gasteiger partial charge in [-0.05, 0) is 19.3 Å². The number of rotatable bonds is 4. The summed E-state index contributed by atoms with van der Waals surface area (Å²) in [5.41, 5.74) is 1.74. The number of hydrogen-bond acceptors (Lipinski definition) is 5. The fourth-order valence-electron chi connectivity index (χ4n) is 3.45. The maximum atomic E-state index is 12.6. The Morgan fingerprint density at radius 2 is 2.12 bits per heavy atom. The molecule has 2 fully saturated rings. The first kappa shape index (κ1) is 15.9. The lowest BCUT2D eigenvalue weighted by Crippen LogP contribution is -2.51. The zero-order valence-corrected chi connectivity index (χ0v) is 14.3. The van der Waals surface area contributed by atoms with Crippen LogP contribution >= 0.6 is 0 Å². The van der Waals surface area contributed by atoms with Gasteiger partial charge in [-0.15, -0.1) is 0 Å². The van der Waals surface area contributed by atoms with E-state index in [1.807, 2.05) is 11.6 Å². The zero-order chi connectivity index (χ0) is 17.6. The molecule has 3 heterocycles. The molecule has 2 aromatic rings. The molecule has 0 unspecified atom stereocenters. The standard InChI is InChI=1S/C17H21N5O3/c1-21-9-18-8-13(21)16-11(5-6-15(23)22(16)2)19-17(24)14-7-12(20-25-14)10-3-4-10/h7-11,16H,3-6H2,1-2H3,(H,19,24)/t11-,16-/m1/s1. The molecule has 8 nitrogen and oxygen atoms in total. The molecule has 1 aliphatic heterocycles. The van der Waals surface area contributed by atoms with Gasteiger partial charge in [-0.1, -0.05) is 5.16 Å². The van der Waals surface area contributed by atoms with Crippen LogP contribution in [0.1, 0.15) is 59.6 Å². The van der Waals surface area contributed by atoms with Gasteiger partial charge in [0.2, 0.25) is 11.7 Å². The first-order chi connectivity index (χ1) is 12.0. The van der Waals surface area contributed by atoms with Gasteiger partial charge in [0.1, 0.15) is 0 Å². The van der Waals surface area contributed by atoms with Crippen molar-refractivity contribution >= 4 is 11.8 Å². The highest BCUT2D eigenvalue weighted by atomic mass is 16.5. The summed E-state index contributed by atoms with van der Waals surface area (Å²) in [6.07, 6.45) is 6.61. The number of nitrogens with one attached hydrogen (secondary N) is 1. The van der Waals surface area contributed by atoms with Gasteiger partial charge in [0.15, 0.2) is 0 Å². The fourth-order valence-corrected chi connectivity index (χ4v) is 3.45. The highest BCUT2D eigenvalue weighted by molar-refractivity contribution is 5.92. The lowest BCUT2D eigenvalue weighted by Gasteiger charge is -2.39. The Kier molecular flexibility index (Phi) is 3.82. The minimum Gasteiger partial charge on any atom is -0.351 e. The molecule has 1 saturated carbocycles. The molecule has 0 radical (unpaired) electrons. The number of likely N-dealkylation sites (N-methyl/N-ethyl adjacent to an activating group) is 1. The van der Waals surface area contributed by atoms with E-state index in [1.54, 1.807) is 30.5 Å². The first-order valence-electron chi connectivity index (χ1n) is 8.54. The van der Waals surface area contributed by atoms with Crippen LogP contribution in [0.2, 0.25) is 0 Å². The van der Waals surface area contributed by atoms with Crippen molar-refractivity contribution in [3.05, 3.63) is 35.7 Å². The van der Waals surface area contributed by atoms with E-state index < -0.39 is 0 Å². The molecule has 8 heteroatoms. The molecule has 2 aromatic heterocycles. The van der Waals surface area contributed by atoms with E-state index in [0.717, 1.165) is 24.2 Å². The van der Waals surface area contributed by atoms with Crippen molar-refractivity contribution in [3.8, 4) is 0 Å². The molecular formula is C17H21N5O3. The summed E-state index contributed by atoms with van der Waals surface area (Å²) in [4.78, 5) is 30.6. The molecule has 0 bridgehead atoms. The highest BCUT2D eigenvalue weighted by Crippen LogP contribution is 2.39. The lowest BCUT2D eigenvalue weighted by atomic mass is 9.93. The monoisotopic (exact) mass is 343 g/mol. The largest absolute Gasteiger partial charge is 0.351 e. The van der Waals surface area contributed by atoms with Crippen LogP contribution in [0.5, 0.6) is 0 Å². The molecule has 1 aliphatic carbocycles. The predicted molar refractivity (Wildman–Crippen MR) is 87.7 cm³/mol. The van der Waals surface area contributed by atoms with Crippen LogP contribution in [0.25, 0.3) is 0 Å². The van der Waals surface area contributed by atoms with Gasteiger partial charge in [-0.3, -0.25) is 9.59 Å². The zero-order valence-electron chi connectivity index (χ0n) is 14.3. The number of carbonyl (C=O) groups is 2. The third-order valence-electron chi connectivity index (χ3n) is 5.08. The second kappa shape index (κ2) is 6.02. The van der Waals surface area contributed by atoms with Gasteiger partial charge < -0.3 is 19.3 Å². The number of aromatic nitrogens is 3. The Bertz CT molecular complexity index is 807. The molecule has 25 heavy (non-hydrogen) atoms. The minimum atomic E-state index is -0.292. The normalized spacial score (nSPS) is 23.8. The SMILES string of the molecule is CN1C(=O)CC[C@@H](NC(=O)c2cc(C3CC3)no2)[C@@H]1c1cncn1C. The summed E-state index contributed by atoms with van der Waals surface area (Å²) >= 11 is 0. The second-order valence-electron chi connectivity index (χ2n) is 6.89. The van der Waals surface area contributed by atoms with E-state index in [-0.39, 0.29) is 29.7 Å². The van der Waals surface area contributed by atoms with Crippen LogP contribution in [0.3, 0.4) is 0 Å². The summed E-state index contributed by atoms with van der Waals surface area (Å²) in [5.74, 6) is 0.433. The molecule has 0 spiro atoms. The van der Waals surface area contributed by atoms with Crippen LogP contribution in [0, 0.1) is 0 Å². The van der Waals surface area contributed by atoms with E-state index >= 15 is 0 Å². The van der Waals surface area contributed by atoms with E-state index in [0.29, 0.717) is 18.8 Å². The lowest BCUT2D eigenvalue weighted by molar-refractivity contribution is -0.136.